The molecular weight excluding hydrogens is 392 g/mol. The van der Waals surface area contributed by atoms with Gasteiger partial charge >= 0.3 is 0 Å². The Kier molecular flexibility index (Phi) is 5.31. The third-order valence-corrected chi connectivity index (χ3v) is 8.79. The predicted octanol–water partition coefficient (Wildman–Crippen LogP) is 5.22. The van der Waals surface area contributed by atoms with Crippen LogP contribution in [0.2, 0.25) is 0 Å². The van der Waals surface area contributed by atoms with E-state index in [-0.39, 0.29) is 0 Å². The molecule has 3 atom stereocenters. The Bertz CT molecular complexity index is 1050. The Balaban J connectivity index is 1.20. The first-order chi connectivity index (χ1) is 15.7. The lowest BCUT2D eigenvalue weighted by Crippen LogP contribution is -2.47. The molecule has 6 rings (SSSR count). The lowest BCUT2D eigenvalue weighted by molar-refractivity contribution is 0.0929. The van der Waals surface area contributed by atoms with Crippen molar-refractivity contribution >= 4 is 11.0 Å². The summed E-state index contributed by atoms with van der Waals surface area (Å²) in [4.78, 5) is 7.76. The van der Waals surface area contributed by atoms with Gasteiger partial charge in [0.1, 0.15) is 5.82 Å². The van der Waals surface area contributed by atoms with Gasteiger partial charge in [-0.2, -0.15) is 0 Å². The number of para-hydroxylation sites is 2. The van der Waals surface area contributed by atoms with Gasteiger partial charge < -0.3 is 9.88 Å². The maximum Gasteiger partial charge on any atom is 0.106 e. The van der Waals surface area contributed by atoms with Crippen LogP contribution >= 0.6 is 0 Å². The molecule has 1 aromatic heterocycles. The van der Waals surface area contributed by atoms with Crippen molar-refractivity contribution in [2.24, 2.45) is 0 Å². The molecule has 0 saturated carbocycles. The second kappa shape index (κ2) is 8.31. The van der Waals surface area contributed by atoms with E-state index in [0.717, 1.165) is 30.7 Å². The van der Waals surface area contributed by atoms with Crippen LogP contribution in [-0.4, -0.2) is 46.2 Å². The third-order valence-electron chi connectivity index (χ3n) is 8.79. The number of benzene rings is 2. The van der Waals surface area contributed by atoms with Crippen LogP contribution in [0.3, 0.4) is 0 Å². The molecule has 3 aromatic rings. The smallest absolute Gasteiger partial charge is 0.106 e. The molecule has 3 aliphatic heterocycles. The van der Waals surface area contributed by atoms with Gasteiger partial charge in [-0.3, -0.25) is 4.90 Å². The summed E-state index contributed by atoms with van der Waals surface area (Å²) in [6.07, 6.45) is 9.12. The zero-order chi connectivity index (χ0) is 21.5. The van der Waals surface area contributed by atoms with E-state index in [9.17, 15) is 0 Å². The highest BCUT2D eigenvalue weighted by Crippen LogP contribution is 2.44. The summed E-state index contributed by atoms with van der Waals surface area (Å²) in [5.74, 6) is 1.18. The van der Waals surface area contributed by atoms with Gasteiger partial charge in [0.15, 0.2) is 0 Å². The minimum atomic E-state index is 0.347. The lowest BCUT2D eigenvalue weighted by atomic mass is 9.70. The second-order valence-corrected chi connectivity index (χ2v) is 10.4. The molecule has 0 aliphatic carbocycles. The normalized spacial score (nSPS) is 27.7. The van der Waals surface area contributed by atoms with Gasteiger partial charge in [-0.05, 0) is 94.6 Å². The van der Waals surface area contributed by atoms with Crippen LogP contribution in [0.4, 0.5) is 0 Å². The van der Waals surface area contributed by atoms with E-state index in [1.807, 2.05) is 0 Å². The van der Waals surface area contributed by atoms with E-state index >= 15 is 0 Å². The second-order valence-electron chi connectivity index (χ2n) is 10.4. The molecule has 4 nitrogen and oxygen atoms in total. The topological polar surface area (TPSA) is 33.1 Å². The molecule has 2 bridgehead atoms. The van der Waals surface area contributed by atoms with E-state index in [1.54, 1.807) is 5.56 Å². The standard InChI is InChI=1S/C28H36N4/c1-21-30-26-9-5-6-10-27(26)32(21)25-19-23-11-12-24(20-25)31(23)18-15-28(13-16-29-17-14-28)22-7-3-2-4-8-22/h2-10,23-25,29H,11-20H2,1H3/t23-,24?,25?/m1/s1. The number of hydrogen-bond donors (Lipinski definition) is 1. The molecular formula is C28H36N4. The van der Waals surface area contributed by atoms with Crippen molar-refractivity contribution in [1.29, 1.82) is 0 Å². The number of rotatable bonds is 5. The van der Waals surface area contributed by atoms with Gasteiger partial charge in [-0.15, -0.1) is 0 Å². The van der Waals surface area contributed by atoms with Gasteiger partial charge in [-0.25, -0.2) is 4.98 Å². The van der Waals surface area contributed by atoms with Crippen molar-refractivity contribution in [2.45, 2.75) is 75.4 Å². The van der Waals surface area contributed by atoms with Crippen molar-refractivity contribution in [3.8, 4) is 0 Å². The Labute approximate surface area is 192 Å². The van der Waals surface area contributed by atoms with Crippen molar-refractivity contribution in [3.63, 3.8) is 0 Å². The largest absolute Gasteiger partial charge is 0.325 e. The molecule has 2 unspecified atom stereocenters. The van der Waals surface area contributed by atoms with Crippen molar-refractivity contribution in [3.05, 3.63) is 66.0 Å². The number of aryl methyl sites for hydroxylation is 1. The van der Waals surface area contributed by atoms with E-state index in [0.29, 0.717) is 11.5 Å². The van der Waals surface area contributed by atoms with Crippen LogP contribution in [0.25, 0.3) is 11.0 Å². The Morgan fingerprint density at radius 1 is 0.906 bits per heavy atom. The number of aromatic nitrogens is 2. The monoisotopic (exact) mass is 428 g/mol. The minimum absolute atomic E-state index is 0.347. The fourth-order valence-electron chi connectivity index (χ4n) is 7.17. The maximum atomic E-state index is 4.86. The van der Waals surface area contributed by atoms with Crippen molar-refractivity contribution in [2.75, 3.05) is 19.6 Å². The Morgan fingerprint density at radius 2 is 1.59 bits per heavy atom. The molecule has 0 amide bonds. The molecule has 0 radical (unpaired) electrons. The van der Waals surface area contributed by atoms with Gasteiger partial charge in [-0.1, -0.05) is 42.5 Å². The van der Waals surface area contributed by atoms with Crippen LogP contribution in [0.1, 0.15) is 62.4 Å². The molecule has 4 heterocycles. The lowest BCUT2D eigenvalue weighted by Gasteiger charge is -2.44. The predicted molar refractivity (Wildman–Crippen MR) is 131 cm³/mol. The summed E-state index contributed by atoms with van der Waals surface area (Å²) in [5, 5.41) is 3.60. The zero-order valence-electron chi connectivity index (χ0n) is 19.3. The fourth-order valence-corrected chi connectivity index (χ4v) is 7.17. The number of fused-ring (bicyclic) bond motifs is 3. The van der Waals surface area contributed by atoms with Crippen LogP contribution in [0.5, 0.6) is 0 Å². The molecule has 3 aliphatic rings. The summed E-state index contributed by atoms with van der Waals surface area (Å²) in [7, 11) is 0. The molecule has 2 aromatic carbocycles. The fraction of sp³-hybridized carbons (Fsp3) is 0.536. The van der Waals surface area contributed by atoms with E-state index < -0.39 is 0 Å². The van der Waals surface area contributed by atoms with Crippen LogP contribution in [0, 0.1) is 6.92 Å². The highest BCUT2D eigenvalue weighted by atomic mass is 15.2. The molecule has 0 spiro atoms. The molecule has 3 saturated heterocycles. The third kappa shape index (κ3) is 3.48. The first-order valence-corrected chi connectivity index (χ1v) is 12.7. The first-order valence-electron chi connectivity index (χ1n) is 12.7. The highest BCUT2D eigenvalue weighted by Gasteiger charge is 2.43. The minimum Gasteiger partial charge on any atom is -0.325 e. The van der Waals surface area contributed by atoms with E-state index in [1.165, 1.54) is 62.8 Å². The summed E-state index contributed by atoms with van der Waals surface area (Å²) >= 11 is 0. The van der Waals surface area contributed by atoms with Crippen molar-refractivity contribution in [1.82, 2.24) is 19.8 Å². The first kappa shape index (κ1) is 20.4. The number of piperidine rings is 2. The summed E-state index contributed by atoms with van der Waals surface area (Å²) < 4.78 is 2.55. The molecule has 3 fully saturated rings. The summed E-state index contributed by atoms with van der Waals surface area (Å²) in [6, 6.07) is 22.1. The number of nitrogens with zero attached hydrogens (tertiary/aromatic N) is 3. The van der Waals surface area contributed by atoms with Crippen molar-refractivity contribution < 1.29 is 0 Å². The Hall–Kier alpha value is -2.17. The molecule has 168 valence electrons. The van der Waals surface area contributed by atoms with Gasteiger partial charge in [0.2, 0.25) is 0 Å². The average molecular weight is 429 g/mol. The zero-order valence-corrected chi connectivity index (χ0v) is 19.3. The summed E-state index contributed by atoms with van der Waals surface area (Å²) in [6.45, 7) is 5.74. The molecule has 1 N–H and O–H groups in total. The molecule has 4 heteroatoms. The van der Waals surface area contributed by atoms with Crippen LogP contribution < -0.4 is 5.32 Å². The van der Waals surface area contributed by atoms with Crippen LogP contribution in [0.15, 0.2) is 54.6 Å². The average Bonchev–Trinajstić information content (AvgIpc) is 3.30. The molecule has 32 heavy (non-hydrogen) atoms. The van der Waals surface area contributed by atoms with E-state index in [4.69, 9.17) is 4.98 Å². The number of hydrogen-bond acceptors (Lipinski definition) is 3. The van der Waals surface area contributed by atoms with Crippen LogP contribution in [-0.2, 0) is 5.41 Å². The highest BCUT2D eigenvalue weighted by molar-refractivity contribution is 5.76. The van der Waals surface area contributed by atoms with Gasteiger partial charge in [0, 0.05) is 18.1 Å². The quantitative estimate of drug-likeness (QED) is 0.604. The van der Waals surface area contributed by atoms with Gasteiger partial charge in [0.05, 0.1) is 11.0 Å². The van der Waals surface area contributed by atoms with E-state index in [2.05, 4.69) is 76.3 Å². The number of nitrogens with one attached hydrogen (secondary N) is 1. The van der Waals surface area contributed by atoms with Gasteiger partial charge in [0.25, 0.3) is 0 Å². The maximum absolute atomic E-state index is 4.86. The SMILES string of the molecule is Cc1nc2ccccc2n1C1CC2CC[C@H](C1)N2CCC1(c2ccccc2)CCNCC1. The summed E-state index contributed by atoms with van der Waals surface area (Å²) in [5.41, 5.74) is 4.38. The Morgan fingerprint density at radius 3 is 2.34 bits per heavy atom. The number of imidazole rings is 1.